The SMILES string of the molecule is CCCCNC(=O)[C@H](Cc1ccccc1)N(Cc1cccc(C)c1)C(=O)CN(c1cccc2ccccc12)S(C)(=O)=O. The van der Waals surface area contributed by atoms with E-state index in [1.165, 1.54) is 4.90 Å². The van der Waals surface area contributed by atoms with Gasteiger partial charge in [0.2, 0.25) is 21.8 Å². The normalized spacial score (nSPS) is 12.1. The van der Waals surface area contributed by atoms with E-state index in [1.54, 1.807) is 12.1 Å². The highest BCUT2D eigenvalue weighted by molar-refractivity contribution is 7.92. The van der Waals surface area contributed by atoms with Crippen LogP contribution < -0.4 is 9.62 Å². The van der Waals surface area contributed by atoms with Gasteiger partial charge in [0.05, 0.1) is 11.9 Å². The van der Waals surface area contributed by atoms with E-state index in [9.17, 15) is 18.0 Å². The summed E-state index contributed by atoms with van der Waals surface area (Å²) < 4.78 is 27.5. The van der Waals surface area contributed by atoms with E-state index in [0.29, 0.717) is 18.7 Å². The van der Waals surface area contributed by atoms with Gasteiger partial charge in [-0.25, -0.2) is 8.42 Å². The zero-order chi connectivity index (χ0) is 30.1. The molecule has 0 saturated heterocycles. The average molecular weight is 586 g/mol. The number of rotatable bonds is 13. The Labute approximate surface area is 249 Å². The van der Waals surface area contributed by atoms with Crippen molar-refractivity contribution in [3.8, 4) is 0 Å². The quantitative estimate of drug-likeness (QED) is 0.211. The van der Waals surface area contributed by atoms with Crippen LogP contribution in [0.15, 0.2) is 97.1 Å². The maximum Gasteiger partial charge on any atom is 0.244 e. The Morgan fingerprint density at radius 1 is 0.857 bits per heavy atom. The molecule has 220 valence electrons. The number of carbonyl (C=O) groups is 2. The molecule has 0 bridgehead atoms. The molecule has 2 amide bonds. The first-order chi connectivity index (χ1) is 20.2. The predicted octanol–water partition coefficient (Wildman–Crippen LogP) is 5.47. The number of hydrogen-bond donors (Lipinski definition) is 1. The zero-order valence-corrected chi connectivity index (χ0v) is 25.3. The summed E-state index contributed by atoms with van der Waals surface area (Å²) in [4.78, 5) is 29.6. The number of nitrogens with zero attached hydrogens (tertiary/aromatic N) is 2. The molecule has 0 aliphatic rings. The van der Waals surface area contributed by atoms with Crippen LogP contribution in [-0.2, 0) is 32.6 Å². The number of aryl methyl sites for hydroxylation is 1. The van der Waals surface area contributed by atoms with Crippen LogP contribution in [0.4, 0.5) is 5.69 Å². The number of amides is 2. The number of anilines is 1. The number of nitrogens with one attached hydrogen (secondary N) is 1. The monoisotopic (exact) mass is 585 g/mol. The second-order valence-electron chi connectivity index (χ2n) is 10.6. The molecule has 0 fully saturated rings. The van der Waals surface area contributed by atoms with Crippen LogP contribution in [0, 0.1) is 6.92 Å². The summed E-state index contributed by atoms with van der Waals surface area (Å²) in [7, 11) is -3.85. The maximum absolute atomic E-state index is 14.3. The molecule has 0 heterocycles. The molecule has 1 N–H and O–H groups in total. The van der Waals surface area contributed by atoms with E-state index in [0.717, 1.165) is 50.9 Å². The molecule has 0 saturated carbocycles. The Kier molecular flexibility index (Phi) is 10.4. The van der Waals surface area contributed by atoms with E-state index in [2.05, 4.69) is 5.32 Å². The lowest BCUT2D eigenvalue weighted by atomic mass is 10.0. The predicted molar refractivity (Wildman–Crippen MR) is 170 cm³/mol. The zero-order valence-electron chi connectivity index (χ0n) is 24.5. The molecule has 0 unspecified atom stereocenters. The molecule has 4 aromatic rings. The van der Waals surface area contributed by atoms with E-state index in [1.807, 2.05) is 98.8 Å². The molecular weight excluding hydrogens is 546 g/mol. The molecule has 8 heteroatoms. The number of unbranched alkanes of at least 4 members (excludes halogenated alkanes) is 1. The van der Waals surface area contributed by atoms with Gasteiger partial charge in [0.25, 0.3) is 0 Å². The fraction of sp³-hybridized carbons (Fsp3) is 0.294. The summed E-state index contributed by atoms with van der Waals surface area (Å²) in [6.07, 6.45) is 3.14. The molecule has 4 rings (SSSR count). The smallest absolute Gasteiger partial charge is 0.244 e. The average Bonchev–Trinajstić information content (AvgIpc) is 2.97. The van der Waals surface area contributed by atoms with Crippen LogP contribution in [0.3, 0.4) is 0 Å². The first-order valence-corrected chi connectivity index (χ1v) is 16.1. The number of benzene rings is 4. The fourth-order valence-corrected chi connectivity index (χ4v) is 5.95. The third kappa shape index (κ3) is 7.97. The van der Waals surface area contributed by atoms with Gasteiger partial charge in [-0.3, -0.25) is 13.9 Å². The van der Waals surface area contributed by atoms with Crippen molar-refractivity contribution in [1.82, 2.24) is 10.2 Å². The maximum atomic E-state index is 14.3. The van der Waals surface area contributed by atoms with Gasteiger partial charge in [0, 0.05) is 24.9 Å². The molecule has 7 nitrogen and oxygen atoms in total. The molecule has 4 aromatic carbocycles. The van der Waals surface area contributed by atoms with Crippen molar-refractivity contribution in [3.63, 3.8) is 0 Å². The highest BCUT2D eigenvalue weighted by atomic mass is 32.2. The topological polar surface area (TPSA) is 86.8 Å². The molecule has 0 aliphatic carbocycles. The van der Waals surface area contributed by atoms with Crippen LogP contribution in [-0.4, -0.2) is 50.5 Å². The van der Waals surface area contributed by atoms with Gasteiger partial charge in [-0.15, -0.1) is 0 Å². The van der Waals surface area contributed by atoms with Gasteiger partial charge in [-0.2, -0.15) is 0 Å². The van der Waals surface area contributed by atoms with E-state index >= 15 is 0 Å². The van der Waals surface area contributed by atoms with Crippen LogP contribution in [0.25, 0.3) is 10.8 Å². The third-order valence-electron chi connectivity index (χ3n) is 7.25. The van der Waals surface area contributed by atoms with Gasteiger partial charge < -0.3 is 10.2 Å². The van der Waals surface area contributed by atoms with E-state index in [4.69, 9.17) is 0 Å². The summed E-state index contributed by atoms with van der Waals surface area (Å²) in [5.41, 5.74) is 3.22. The van der Waals surface area contributed by atoms with Crippen molar-refractivity contribution in [2.75, 3.05) is 23.7 Å². The van der Waals surface area contributed by atoms with Crippen molar-refractivity contribution in [1.29, 1.82) is 0 Å². The Balaban J connectivity index is 1.76. The molecular formula is C34H39N3O4S. The van der Waals surface area contributed by atoms with E-state index < -0.39 is 28.5 Å². The van der Waals surface area contributed by atoms with Crippen molar-refractivity contribution in [2.45, 2.75) is 45.7 Å². The molecule has 0 spiro atoms. The number of carbonyl (C=O) groups excluding carboxylic acids is 2. The summed E-state index contributed by atoms with van der Waals surface area (Å²) in [6, 6.07) is 29.4. The largest absolute Gasteiger partial charge is 0.354 e. The minimum atomic E-state index is -3.85. The first-order valence-electron chi connectivity index (χ1n) is 14.3. The summed E-state index contributed by atoms with van der Waals surface area (Å²) in [6.45, 7) is 4.24. The molecule has 1 atom stereocenters. The molecule has 0 aliphatic heterocycles. The first kappa shape index (κ1) is 30.8. The van der Waals surface area contributed by atoms with Crippen molar-refractivity contribution in [3.05, 3.63) is 114 Å². The van der Waals surface area contributed by atoms with Crippen molar-refractivity contribution in [2.24, 2.45) is 0 Å². The number of fused-ring (bicyclic) bond motifs is 1. The Bertz CT molecular complexity index is 1620. The van der Waals surface area contributed by atoms with Crippen LogP contribution in [0.2, 0.25) is 0 Å². The molecule has 0 aromatic heterocycles. The molecule has 42 heavy (non-hydrogen) atoms. The lowest BCUT2D eigenvalue weighted by Crippen LogP contribution is -2.53. The van der Waals surface area contributed by atoms with Crippen LogP contribution in [0.1, 0.15) is 36.5 Å². The van der Waals surface area contributed by atoms with Crippen molar-refractivity contribution >= 4 is 38.3 Å². The van der Waals surface area contributed by atoms with Gasteiger partial charge >= 0.3 is 0 Å². The fourth-order valence-electron chi connectivity index (χ4n) is 5.09. The molecule has 0 radical (unpaired) electrons. The van der Waals surface area contributed by atoms with E-state index in [-0.39, 0.29) is 12.5 Å². The van der Waals surface area contributed by atoms with Gasteiger partial charge in [0.15, 0.2) is 0 Å². The van der Waals surface area contributed by atoms with Gasteiger partial charge in [-0.05, 0) is 35.9 Å². The minimum Gasteiger partial charge on any atom is -0.354 e. The lowest BCUT2D eigenvalue weighted by molar-refractivity contribution is -0.140. The summed E-state index contributed by atoms with van der Waals surface area (Å²) in [5.74, 6) is -0.717. The summed E-state index contributed by atoms with van der Waals surface area (Å²) >= 11 is 0. The lowest BCUT2D eigenvalue weighted by Gasteiger charge is -2.33. The Hall–Kier alpha value is -4.17. The standard InChI is InChI=1S/C34H39N3O4S/c1-4-5-21-35-34(39)32(23-27-14-7-6-8-15-27)36(24-28-16-11-13-26(2)22-28)33(38)25-37(42(3,40)41)31-20-12-18-29-17-9-10-19-30(29)31/h6-20,22,32H,4-5,21,23-25H2,1-3H3,(H,35,39)/t32-/m0/s1. The third-order valence-corrected chi connectivity index (χ3v) is 8.38. The number of sulfonamides is 1. The van der Waals surface area contributed by atoms with Crippen molar-refractivity contribution < 1.29 is 18.0 Å². The highest BCUT2D eigenvalue weighted by Gasteiger charge is 2.33. The number of hydrogen-bond acceptors (Lipinski definition) is 4. The highest BCUT2D eigenvalue weighted by Crippen LogP contribution is 2.29. The summed E-state index contributed by atoms with van der Waals surface area (Å²) in [5, 5.41) is 4.60. The van der Waals surface area contributed by atoms with Gasteiger partial charge in [-0.1, -0.05) is 110 Å². The minimum absolute atomic E-state index is 0.159. The Morgan fingerprint density at radius 2 is 1.52 bits per heavy atom. The van der Waals surface area contributed by atoms with Crippen LogP contribution >= 0.6 is 0 Å². The second-order valence-corrected chi connectivity index (χ2v) is 12.5. The Morgan fingerprint density at radius 3 is 2.24 bits per heavy atom. The van der Waals surface area contributed by atoms with Gasteiger partial charge in [0.1, 0.15) is 12.6 Å². The second kappa shape index (κ2) is 14.1. The van der Waals surface area contributed by atoms with Crippen LogP contribution in [0.5, 0.6) is 0 Å².